The van der Waals surface area contributed by atoms with E-state index in [9.17, 15) is 0 Å². The number of hydrogen-bond acceptors (Lipinski definition) is 0. The zero-order valence-corrected chi connectivity index (χ0v) is 19.2. The van der Waals surface area contributed by atoms with Crippen LogP contribution in [0.1, 0.15) is 24.0 Å². The van der Waals surface area contributed by atoms with E-state index in [2.05, 4.69) is 49.4 Å². The molecule has 0 nitrogen and oxygen atoms in total. The van der Waals surface area contributed by atoms with Gasteiger partial charge in [0, 0.05) is 0 Å². The van der Waals surface area contributed by atoms with E-state index in [0.717, 1.165) is 0 Å². The van der Waals surface area contributed by atoms with Crippen LogP contribution in [0.4, 0.5) is 0 Å². The van der Waals surface area contributed by atoms with Crippen LogP contribution in [0.15, 0.2) is 72.8 Å². The first-order valence-corrected chi connectivity index (χ1v) is 6.64. The zero-order valence-electron chi connectivity index (χ0n) is 13.3. The molecule has 1 aliphatic carbocycles. The molecule has 0 fully saturated rings. The molecular formula is C19H19Cl2SiZr. The van der Waals surface area contributed by atoms with Crippen molar-refractivity contribution >= 4 is 11.0 Å². The third kappa shape index (κ3) is 5.50. The second-order valence-electron chi connectivity index (χ2n) is 4.77. The maximum absolute atomic E-state index is 3.35. The van der Waals surface area contributed by atoms with E-state index >= 15 is 0 Å². The van der Waals surface area contributed by atoms with Crippen molar-refractivity contribution in [2.45, 2.75) is 12.8 Å². The number of rotatable bonds is 0. The molecule has 117 valence electrons. The monoisotopic (exact) mass is 435 g/mol. The Morgan fingerprint density at radius 2 is 1.48 bits per heavy atom. The van der Waals surface area contributed by atoms with Crippen LogP contribution in [0.3, 0.4) is 0 Å². The summed E-state index contributed by atoms with van der Waals surface area (Å²) in [7, 11) is 0. The first-order chi connectivity index (χ1) is 9.38. The third-order valence-corrected chi connectivity index (χ3v) is 3.59. The van der Waals surface area contributed by atoms with Gasteiger partial charge in [0.25, 0.3) is 0 Å². The SMILES string of the molecule is CC1c2[c-]cccc2-c2ccccc21.[Cl-].[Cl-].[SiH3].[Zr+4].c1cc[cH-]c1. The Morgan fingerprint density at radius 1 is 0.870 bits per heavy atom. The summed E-state index contributed by atoms with van der Waals surface area (Å²) in [6.07, 6.45) is 0. The first-order valence-electron chi connectivity index (χ1n) is 6.64. The van der Waals surface area contributed by atoms with Crippen molar-refractivity contribution in [2.24, 2.45) is 0 Å². The van der Waals surface area contributed by atoms with Crippen molar-refractivity contribution in [3.63, 3.8) is 0 Å². The van der Waals surface area contributed by atoms with Gasteiger partial charge in [0.2, 0.25) is 0 Å². The zero-order chi connectivity index (χ0) is 13.1. The minimum Gasteiger partial charge on any atom is -1.00 e. The van der Waals surface area contributed by atoms with E-state index in [0.29, 0.717) is 5.92 Å². The largest absolute Gasteiger partial charge is 4.00 e. The predicted molar refractivity (Wildman–Crippen MR) is 90.2 cm³/mol. The molecule has 0 aromatic heterocycles. The van der Waals surface area contributed by atoms with Crippen LogP contribution in [0.5, 0.6) is 0 Å². The minimum absolute atomic E-state index is 0. The van der Waals surface area contributed by atoms with Crippen LogP contribution < -0.4 is 24.8 Å². The fraction of sp³-hybridized carbons (Fsp3) is 0.105. The van der Waals surface area contributed by atoms with Crippen molar-refractivity contribution in [3.8, 4) is 11.1 Å². The van der Waals surface area contributed by atoms with Crippen LogP contribution in [0.25, 0.3) is 11.1 Å². The van der Waals surface area contributed by atoms with Crippen molar-refractivity contribution < 1.29 is 51.0 Å². The Kier molecular flexibility index (Phi) is 12.8. The molecule has 0 amide bonds. The van der Waals surface area contributed by atoms with Crippen LogP contribution in [0, 0.1) is 6.07 Å². The van der Waals surface area contributed by atoms with Gasteiger partial charge in [-0.25, -0.2) is 12.1 Å². The minimum atomic E-state index is 0. The molecule has 0 bridgehead atoms. The standard InChI is InChI=1S/C14H11.C5H5.2ClH.H3Si.Zr/c1-10-11-6-2-4-8-13(11)14-9-5-3-7-12(10)14;1-2-4-5-3-1;;;;/h2-6,8-10H,1H3;1-5H;2*1H;1H3;/q2*-1;;;;+4/p-2. The third-order valence-electron chi connectivity index (χ3n) is 3.59. The number of halogens is 2. The number of hydrogen-bond donors (Lipinski definition) is 0. The quantitative estimate of drug-likeness (QED) is 0.278. The summed E-state index contributed by atoms with van der Waals surface area (Å²) in [6.45, 7) is 2.25. The first kappa shape index (κ1) is 24.7. The molecule has 3 aromatic carbocycles. The average Bonchev–Trinajstić information content (AvgIpc) is 3.12. The van der Waals surface area contributed by atoms with E-state index in [1.807, 2.05) is 36.4 Å². The van der Waals surface area contributed by atoms with Gasteiger partial charge in [0.15, 0.2) is 0 Å². The second-order valence-corrected chi connectivity index (χ2v) is 4.77. The van der Waals surface area contributed by atoms with Gasteiger partial charge >= 0.3 is 26.2 Å². The summed E-state index contributed by atoms with van der Waals surface area (Å²) in [5, 5.41) is 0. The Balaban J connectivity index is 0. The van der Waals surface area contributed by atoms with E-state index in [-0.39, 0.29) is 62.0 Å². The summed E-state index contributed by atoms with van der Waals surface area (Å²) in [5.41, 5.74) is 5.51. The molecule has 4 rings (SSSR count). The second kappa shape index (κ2) is 11.9. The fourth-order valence-corrected chi connectivity index (χ4v) is 2.64. The number of fused-ring (bicyclic) bond motifs is 3. The maximum Gasteiger partial charge on any atom is 4.00 e. The molecule has 0 heterocycles. The molecule has 1 radical (unpaired) electrons. The topological polar surface area (TPSA) is 0 Å². The normalized spacial score (nSPS) is 12.5. The molecule has 0 saturated heterocycles. The van der Waals surface area contributed by atoms with Crippen molar-refractivity contribution in [1.82, 2.24) is 0 Å². The van der Waals surface area contributed by atoms with E-state index in [1.165, 1.54) is 22.3 Å². The van der Waals surface area contributed by atoms with Crippen molar-refractivity contribution in [1.29, 1.82) is 0 Å². The summed E-state index contributed by atoms with van der Waals surface area (Å²) < 4.78 is 0. The van der Waals surface area contributed by atoms with Gasteiger partial charge in [0.05, 0.1) is 0 Å². The molecule has 1 aliphatic rings. The van der Waals surface area contributed by atoms with Crippen molar-refractivity contribution in [3.05, 3.63) is 90.0 Å². The molecule has 0 N–H and O–H groups in total. The molecule has 1 atom stereocenters. The van der Waals surface area contributed by atoms with Gasteiger partial charge in [-0.2, -0.15) is 42.5 Å². The molecule has 1 unspecified atom stereocenters. The molecule has 0 aliphatic heterocycles. The fourth-order valence-electron chi connectivity index (χ4n) is 2.64. The maximum atomic E-state index is 3.35. The van der Waals surface area contributed by atoms with Gasteiger partial charge in [-0.1, -0.05) is 36.8 Å². The smallest absolute Gasteiger partial charge is 1.00 e. The molecule has 4 heteroatoms. The molecule has 0 saturated carbocycles. The van der Waals surface area contributed by atoms with Crippen molar-refractivity contribution in [2.75, 3.05) is 0 Å². The van der Waals surface area contributed by atoms with Crippen LogP contribution >= 0.6 is 0 Å². The summed E-state index contributed by atoms with van der Waals surface area (Å²) in [4.78, 5) is 0. The van der Waals surface area contributed by atoms with Crippen LogP contribution in [0.2, 0.25) is 0 Å². The van der Waals surface area contributed by atoms with E-state index in [4.69, 9.17) is 0 Å². The van der Waals surface area contributed by atoms with E-state index in [1.54, 1.807) is 0 Å². The van der Waals surface area contributed by atoms with Crippen LogP contribution in [-0.2, 0) is 26.2 Å². The summed E-state index contributed by atoms with van der Waals surface area (Å²) in [5.74, 6) is 0.502. The molecule has 0 spiro atoms. The molecule has 3 aromatic rings. The Hall–Kier alpha value is -0.530. The summed E-state index contributed by atoms with van der Waals surface area (Å²) >= 11 is 0. The molecular weight excluding hydrogens is 418 g/mol. The van der Waals surface area contributed by atoms with Crippen LogP contribution in [-0.4, -0.2) is 11.0 Å². The Bertz CT molecular complexity index is 606. The Labute approximate surface area is 175 Å². The van der Waals surface area contributed by atoms with Gasteiger partial charge in [-0.3, -0.25) is 0 Å². The van der Waals surface area contributed by atoms with E-state index < -0.39 is 0 Å². The predicted octanol–water partition coefficient (Wildman–Crippen LogP) is -2.15. The van der Waals surface area contributed by atoms with Gasteiger partial charge < -0.3 is 24.8 Å². The summed E-state index contributed by atoms with van der Waals surface area (Å²) in [6, 6.07) is 28.2. The average molecular weight is 438 g/mol. The Morgan fingerprint density at radius 3 is 2.09 bits per heavy atom. The van der Waals surface area contributed by atoms with Gasteiger partial charge in [0.1, 0.15) is 0 Å². The van der Waals surface area contributed by atoms with Gasteiger partial charge in [-0.05, 0) is 22.4 Å². The number of benzene rings is 2. The molecule has 23 heavy (non-hydrogen) atoms. The van der Waals surface area contributed by atoms with Gasteiger partial charge in [-0.15, -0.1) is 11.1 Å².